The van der Waals surface area contributed by atoms with Crippen LogP contribution in [0.3, 0.4) is 0 Å². The van der Waals surface area contributed by atoms with E-state index in [4.69, 9.17) is 4.98 Å². The first kappa shape index (κ1) is 17.0. The lowest BCUT2D eigenvalue weighted by atomic mass is 10.1. The van der Waals surface area contributed by atoms with Crippen molar-refractivity contribution in [2.75, 3.05) is 13.3 Å². The van der Waals surface area contributed by atoms with Crippen molar-refractivity contribution in [1.82, 2.24) is 20.2 Å². The first-order valence-corrected chi connectivity index (χ1v) is 10.7. The lowest BCUT2D eigenvalue weighted by molar-refractivity contribution is 0.258. The number of hydrogen-bond donors (Lipinski definition) is 1. The summed E-state index contributed by atoms with van der Waals surface area (Å²) in [5.41, 5.74) is 2.41. The van der Waals surface area contributed by atoms with Gasteiger partial charge in [0.05, 0.1) is 24.0 Å². The molecule has 2 aromatic rings. The molecule has 1 aliphatic heterocycles. The average molecular weight is 374 g/mol. The van der Waals surface area contributed by atoms with Gasteiger partial charge in [-0.15, -0.1) is 11.3 Å². The highest BCUT2D eigenvalue weighted by atomic mass is 32.2. The van der Waals surface area contributed by atoms with Crippen molar-refractivity contribution in [3.8, 4) is 0 Å². The number of nitrogens with one attached hydrogen (secondary N) is 1. The first-order chi connectivity index (χ1) is 12.4. The number of nitrogens with zero attached hydrogens (tertiary/aromatic N) is 4. The van der Waals surface area contributed by atoms with Gasteiger partial charge in [0.1, 0.15) is 0 Å². The zero-order valence-corrected chi connectivity index (χ0v) is 15.9. The van der Waals surface area contributed by atoms with Crippen molar-refractivity contribution in [2.45, 2.75) is 43.9 Å². The molecule has 2 aliphatic rings. The second-order valence-corrected chi connectivity index (χ2v) is 8.43. The molecule has 0 unspecified atom stereocenters. The number of rotatable bonds is 5. The molecule has 1 N–H and O–H groups in total. The fourth-order valence-electron chi connectivity index (χ4n) is 3.29. The smallest absolute Gasteiger partial charge is 0.159 e. The van der Waals surface area contributed by atoms with Crippen LogP contribution in [0.1, 0.15) is 47.9 Å². The van der Waals surface area contributed by atoms with Gasteiger partial charge in [-0.3, -0.25) is 9.88 Å². The standard InChI is InChI=1S/C18H23N5S2/c1-2-6-15(5-1)17-22-16(10-24-17)11-25-18-20-12-23(13-21-18)9-14-4-3-7-19-8-14/h3-4,7-8,10,15H,1-2,5-6,9,11-13H2,(H,20,21). The highest BCUT2D eigenvalue weighted by Crippen LogP contribution is 2.36. The van der Waals surface area contributed by atoms with E-state index < -0.39 is 0 Å². The number of aromatic nitrogens is 2. The van der Waals surface area contributed by atoms with Gasteiger partial charge in [0, 0.05) is 36.0 Å². The Morgan fingerprint density at radius 3 is 3.00 bits per heavy atom. The Morgan fingerprint density at radius 2 is 2.24 bits per heavy atom. The summed E-state index contributed by atoms with van der Waals surface area (Å²) in [7, 11) is 0. The van der Waals surface area contributed by atoms with Crippen LogP contribution in [0.4, 0.5) is 0 Å². The molecule has 0 atom stereocenters. The van der Waals surface area contributed by atoms with Crippen molar-refractivity contribution in [3.63, 3.8) is 0 Å². The molecule has 5 nitrogen and oxygen atoms in total. The Balaban J connectivity index is 1.25. The molecule has 132 valence electrons. The quantitative estimate of drug-likeness (QED) is 0.864. The zero-order valence-electron chi connectivity index (χ0n) is 14.2. The van der Waals surface area contributed by atoms with Gasteiger partial charge in [-0.2, -0.15) is 0 Å². The van der Waals surface area contributed by atoms with E-state index in [1.54, 1.807) is 18.0 Å². The Bertz CT molecular complexity index is 709. The third kappa shape index (κ3) is 4.59. The summed E-state index contributed by atoms with van der Waals surface area (Å²) >= 11 is 3.59. The maximum absolute atomic E-state index is 4.84. The lowest BCUT2D eigenvalue weighted by Gasteiger charge is -2.26. The van der Waals surface area contributed by atoms with E-state index in [0.29, 0.717) is 0 Å². The molecule has 0 saturated heterocycles. The van der Waals surface area contributed by atoms with E-state index in [0.717, 1.165) is 36.7 Å². The lowest BCUT2D eigenvalue weighted by Crippen LogP contribution is -2.41. The van der Waals surface area contributed by atoms with Crippen LogP contribution in [-0.4, -0.2) is 33.4 Å². The zero-order chi connectivity index (χ0) is 16.9. The maximum atomic E-state index is 4.84. The fourth-order valence-corrected chi connectivity index (χ4v) is 5.14. The van der Waals surface area contributed by atoms with E-state index >= 15 is 0 Å². The van der Waals surface area contributed by atoms with E-state index in [2.05, 4.69) is 31.6 Å². The molecular formula is C18H23N5S2. The summed E-state index contributed by atoms with van der Waals surface area (Å²) in [6.07, 6.45) is 9.09. The molecule has 0 bridgehead atoms. The van der Waals surface area contributed by atoms with Crippen LogP contribution in [0.2, 0.25) is 0 Å². The van der Waals surface area contributed by atoms with Crippen molar-refractivity contribution >= 4 is 28.3 Å². The molecule has 1 fully saturated rings. The second kappa shape index (κ2) is 8.29. The van der Waals surface area contributed by atoms with Gasteiger partial charge in [-0.1, -0.05) is 30.7 Å². The normalized spacial score (nSPS) is 19.0. The van der Waals surface area contributed by atoms with Crippen molar-refractivity contribution in [3.05, 3.63) is 46.2 Å². The van der Waals surface area contributed by atoms with E-state index in [1.165, 1.54) is 41.9 Å². The molecule has 3 heterocycles. The van der Waals surface area contributed by atoms with Crippen molar-refractivity contribution in [2.24, 2.45) is 4.99 Å². The molecule has 7 heteroatoms. The molecule has 0 aromatic carbocycles. The number of aliphatic imine (C=N–C) groups is 1. The Hall–Kier alpha value is -1.44. The van der Waals surface area contributed by atoms with Crippen molar-refractivity contribution < 1.29 is 0 Å². The van der Waals surface area contributed by atoms with Crippen LogP contribution in [0.25, 0.3) is 0 Å². The summed E-state index contributed by atoms with van der Waals surface area (Å²) in [6, 6.07) is 4.08. The van der Waals surface area contributed by atoms with Gasteiger partial charge in [-0.25, -0.2) is 9.98 Å². The molecule has 1 aliphatic carbocycles. The van der Waals surface area contributed by atoms with Crippen LogP contribution >= 0.6 is 23.1 Å². The minimum absolute atomic E-state index is 0.718. The predicted molar refractivity (Wildman–Crippen MR) is 105 cm³/mol. The molecular weight excluding hydrogens is 350 g/mol. The number of pyridine rings is 1. The summed E-state index contributed by atoms with van der Waals surface area (Å²) < 4.78 is 0. The SMILES string of the molecule is c1cncc(CN2CN=C(SCc3csc(C4CCCC4)n3)NC2)c1. The summed E-state index contributed by atoms with van der Waals surface area (Å²) in [4.78, 5) is 15.9. The van der Waals surface area contributed by atoms with Gasteiger partial charge in [0.25, 0.3) is 0 Å². The second-order valence-electron chi connectivity index (χ2n) is 6.58. The van der Waals surface area contributed by atoms with E-state index in [-0.39, 0.29) is 0 Å². The molecule has 0 radical (unpaired) electrons. The highest BCUT2D eigenvalue weighted by Gasteiger charge is 2.20. The topological polar surface area (TPSA) is 53.4 Å². The number of hydrogen-bond acceptors (Lipinski definition) is 7. The number of thiazole rings is 1. The molecule has 0 spiro atoms. The van der Waals surface area contributed by atoms with Crippen LogP contribution in [0, 0.1) is 0 Å². The molecule has 4 rings (SSSR count). The fraction of sp³-hybridized carbons (Fsp3) is 0.500. The third-order valence-electron chi connectivity index (χ3n) is 4.63. The average Bonchev–Trinajstić information content (AvgIpc) is 3.34. The maximum Gasteiger partial charge on any atom is 0.159 e. The van der Waals surface area contributed by atoms with Gasteiger partial charge in [0.2, 0.25) is 0 Å². The first-order valence-electron chi connectivity index (χ1n) is 8.83. The summed E-state index contributed by atoms with van der Waals surface area (Å²) in [5, 5.41) is 8.00. The van der Waals surface area contributed by atoms with Crippen LogP contribution in [-0.2, 0) is 12.3 Å². The largest absolute Gasteiger partial charge is 0.352 e. The van der Waals surface area contributed by atoms with Gasteiger partial charge >= 0.3 is 0 Å². The highest BCUT2D eigenvalue weighted by molar-refractivity contribution is 8.13. The van der Waals surface area contributed by atoms with Crippen LogP contribution in [0.15, 0.2) is 34.9 Å². The minimum Gasteiger partial charge on any atom is -0.352 e. The monoisotopic (exact) mass is 373 g/mol. The van der Waals surface area contributed by atoms with Crippen LogP contribution < -0.4 is 5.32 Å². The Morgan fingerprint density at radius 1 is 1.32 bits per heavy atom. The molecule has 1 saturated carbocycles. The van der Waals surface area contributed by atoms with Gasteiger partial charge in [-0.05, 0) is 24.5 Å². The molecule has 25 heavy (non-hydrogen) atoms. The Labute approximate surface area is 157 Å². The third-order valence-corrected chi connectivity index (χ3v) is 6.67. The van der Waals surface area contributed by atoms with Crippen molar-refractivity contribution in [1.29, 1.82) is 0 Å². The number of amidine groups is 1. The number of thioether (sulfide) groups is 1. The summed E-state index contributed by atoms with van der Waals surface area (Å²) in [6.45, 7) is 2.43. The molecule has 2 aromatic heterocycles. The summed E-state index contributed by atoms with van der Waals surface area (Å²) in [5.74, 6) is 1.62. The minimum atomic E-state index is 0.718. The Kier molecular flexibility index (Phi) is 5.64. The van der Waals surface area contributed by atoms with Gasteiger partial charge in [0.15, 0.2) is 5.17 Å². The van der Waals surface area contributed by atoms with Crippen LogP contribution in [0.5, 0.6) is 0 Å². The predicted octanol–water partition coefficient (Wildman–Crippen LogP) is 3.81. The molecule has 0 amide bonds. The van der Waals surface area contributed by atoms with E-state index in [9.17, 15) is 0 Å². The van der Waals surface area contributed by atoms with E-state index in [1.807, 2.05) is 23.6 Å². The van der Waals surface area contributed by atoms with Gasteiger partial charge < -0.3 is 5.32 Å².